The summed E-state index contributed by atoms with van der Waals surface area (Å²) in [5.74, 6) is -0.148. The van der Waals surface area contributed by atoms with Crippen LogP contribution in [0.5, 0.6) is 5.75 Å². The number of methoxy groups -OCH3 is 1. The topological polar surface area (TPSA) is 55.3 Å². The summed E-state index contributed by atoms with van der Waals surface area (Å²) in [5.41, 5.74) is 0.359. The molecule has 28 heavy (non-hydrogen) atoms. The van der Waals surface area contributed by atoms with E-state index in [1.807, 2.05) is 22.6 Å². The molecule has 2 N–H and O–H groups in total. The van der Waals surface area contributed by atoms with Gasteiger partial charge in [-0.2, -0.15) is 0 Å². The quantitative estimate of drug-likeness (QED) is 0.352. The molecule has 1 aromatic heterocycles. The van der Waals surface area contributed by atoms with Crippen LogP contribution in [0.4, 0.5) is 26.0 Å². The Morgan fingerprint density at radius 1 is 1.11 bits per heavy atom. The highest BCUT2D eigenvalue weighted by atomic mass is 127. The number of benzene rings is 2. The van der Waals surface area contributed by atoms with E-state index in [4.69, 9.17) is 4.74 Å². The van der Waals surface area contributed by atoms with E-state index in [0.29, 0.717) is 17.3 Å². The van der Waals surface area contributed by atoms with Crippen LogP contribution >= 0.6 is 34.5 Å². The first-order chi connectivity index (χ1) is 13.4. The van der Waals surface area contributed by atoms with E-state index >= 15 is 0 Å². The minimum atomic E-state index is -0.445. The van der Waals surface area contributed by atoms with Crippen molar-refractivity contribution in [2.24, 2.45) is 7.05 Å². The van der Waals surface area contributed by atoms with Gasteiger partial charge in [0.2, 0.25) is 0 Å². The molecule has 9 heteroatoms. The highest BCUT2D eigenvalue weighted by molar-refractivity contribution is 14.1. The number of anilines is 3. The lowest BCUT2D eigenvalue weighted by Gasteiger charge is -2.19. The molecule has 2 aromatic carbocycles. The van der Waals surface area contributed by atoms with Crippen molar-refractivity contribution < 1.29 is 13.5 Å². The number of halogens is 3. The Morgan fingerprint density at radius 2 is 1.82 bits per heavy atom. The molecular weight excluding hydrogens is 499 g/mol. The van der Waals surface area contributed by atoms with Crippen LogP contribution in [0.2, 0.25) is 0 Å². The fourth-order valence-corrected chi connectivity index (χ4v) is 3.56. The van der Waals surface area contributed by atoms with Crippen molar-refractivity contribution in [2.75, 3.05) is 17.1 Å². The Kier molecular flexibility index (Phi) is 6.45. The van der Waals surface area contributed by atoms with Crippen molar-refractivity contribution in [3.63, 3.8) is 0 Å². The summed E-state index contributed by atoms with van der Waals surface area (Å²) in [6, 6.07) is 12.0. The van der Waals surface area contributed by atoms with Gasteiger partial charge in [0.1, 0.15) is 23.1 Å². The van der Waals surface area contributed by atoms with Gasteiger partial charge < -0.3 is 14.8 Å². The van der Waals surface area contributed by atoms with Gasteiger partial charge in [-0.05, 0) is 77.0 Å². The molecule has 0 saturated carbocycles. The van der Waals surface area contributed by atoms with Gasteiger partial charge in [-0.1, -0.05) is 0 Å². The van der Waals surface area contributed by atoms with Crippen LogP contribution in [0.25, 0.3) is 0 Å². The number of hydrogen-bond donors (Lipinski definition) is 2. The Bertz CT molecular complexity index is 1060. The van der Waals surface area contributed by atoms with Gasteiger partial charge in [0.15, 0.2) is 5.75 Å². The van der Waals surface area contributed by atoms with Crippen molar-refractivity contribution in [3.05, 3.63) is 74.1 Å². The number of ether oxygens (including phenoxy) is 1. The second kappa shape index (κ2) is 8.82. The van der Waals surface area contributed by atoms with Crippen LogP contribution in [0, 0.1) is 15.2 Å². The molecular formula is C19H16F2IN3O2S. The largest absolute Gasteiger partial charge is 0.494 e. The van der Waals surface area contributed by atoms with Gasteiger partial charge in [-0.25, -0.2) is 8.78 Å². The number of rotatable bonds is 6. The first kappa shape index (κ1) is 20.5. The standard InChI is InChI=1S/C19H16F2IN3O2S/c1-25-17(26)10-16(27-2)18(24-28-13-6-3-11(20)4-7-13)19(25)23-15-8-5-12(22)9-14(15)21/h3-10,23-24H,1-2H3. The van der Waals surface area contributed by atoms with Gasteiger partial charge in [0.25, 0.3) is 5.56 Å². The van der Waals surface area contributed by atoms with Crippen LogP contribution < -0.4 is 20.3 Å². The molecule has 0 radical (unpaired) electrons. The lowest BCUT2D eigenvalue weighted by Crippen LogP contribution is -2.20. The molecule has 5 nitrogen and oxygen atoms in total. The third-order valence-corrected chi connectivity index (χ3v) is 5.38. The summed E-state index contributed by atoms with van der Waals surface area (Å²) in [6.45, 7) is 0. The Balaban J connectivity index is 2.00. The van der Waals surface area contributed by atoms with E-state index in [2.05, 4.69) is 10.0 Å². The van der Waals surface area contributed by atoms with E-state index in [1.165, 1.54) is 47.9 Å². The van der Waals surface area contributed by atoms with Gasteiger partial charge in [-0.3, -0.25) is 9.36 Å². The zero-order valence-corrected chi connectivity index (χ0v) is 17.9. The fraction of sp³-hybridized carbons (Fsp3) is 0.105. The maximum Gasteiger partial charge on any atom is 0.255 e. The van der Waals surface area contributed by atoms with Crippen molar-refractivity contribution in [1.29, 1.82) is 0 Å². The van der Waals surface area contributed by atoms with E-state index < -0.39 is 5.82 Å². The maximum absolute atomic E-state index is 14.3. The summed E-state index contributed by atoms with van der Waals surface area (Å²) in [7, 11) is 3.01. The Hall–Kier alpha value is -2.27. The lowest BCUT2D eigenvalue weighted by atomic mass is 10.3. The molecule has 0 aliphatic rings. The van der Waals surface area contributed by atoms with E-state index in [0.717, 1.165) is 8.47 Å². The normalized spacial score (nSPS) is 10.6. The van der Waals surface area contributed by atoms with Gasteiger partial charge >= 0.3 is 0 Å². The predicted octanol–water partition coefficient (Wildman–Crippen LogP) is 5.14. The molecule has 0 unspecified atom stereocenters. The third-order valence-electron chi connectivity index (χ3n) is 3.89. The van der Waals surface area contributed by atoms with Gasteiger partial charge in [-0.15, -0.1) is 0 Å². The highest BCUT2D eigenvalue weighted by Gasteiger charge is 2.17. The number of pyridine rings is 1. The van der Waals surface area contributed by atoms with Crippen molar-refractivity contribution in [3.8, 4) is 5.75 Å². The molecule has 0 atom stereocenters. The van der Waals surface area contributed by atoms with Crippen molar-refractivity contribution >= 4 is 51.7 Å². The van der Waals surface area contributed by atoms with E-state index in [-0.39, 0.29) is 17.1 Å². The lowest BCUT2D eigenvalue weighted by molar-refractivity contribution is 0.415. The fourth-order valence-electron chi connectivity index (χ4n) is 2.41. The minimum Gasteiger partial charge on any atom is -0.494 e. The second-order valence-electron chi connectivity index (χ2n) is 5.74. The molecule has 0 saturated heterocycles. The van der Waals surface area contributed by atoms with Crippen LogP contribution in [0.15, 0.2) is 58.2 Å². The molecule has 0 aliphatic heterocycles. The smallest absolute Gasteiger partial charge is 0.255 e. The molecule has 3 rings (SSSR count). The van der Waals surface area contributed by atoms with Crippen LogP contribution in [-0.4, -0.2) is 11.7 Å². The Morgan fingerprint density at radius 3 is 2.46 bits per heavy atom. The molecule has 0 bridgehead atoms. The average molecular weight is 515 g/mol. The third kappa shape index (κ3) is 4.58. The second-order valence-corrected chi connectivity index (χ2v) is 7.87. The van der Waals surface area contributed by atoms with Crippen LogP contribution in [-0.2, 0) is 7.05 Å². The first-order valence-electron chi connectivity index (χ1n) is 8.07. The predicted molar refractivity (Wildman–Crippen MR) is 117 cm³/mol. The number of nitrogens with zero attached hydrogens (tertiary/aromatic N) is 1. The number of nitrogens with one attached hydrogen (secondary N) is 2. The van der Waals surface area contributed by atoms with Crippen LogP contribution in [0.3, 0.4) is 0 Å². The summed E-state index contributed by atoms with van der Waals surface area (Å²) in [6.07, 6.45) is 0. The zero-order valence-electron chi connectivity index (χ0n) is 14.9. The number of aromatic nitrogens is 1. The summed E-state index contributed by atoms with van der Waals surface area (Å²) < 4.78 is 38.0. The minimum absolute atomic E-state index is 0.221. The summed E-state index contributed by atoms with van der Waals surface area (Å²) in [5, 5.41) is 2.97. The SMILES string of the molecule is COc1cc(=O)n(C)c(Nc2ccc(I)cc2F)c1NSc1ccc(F)cc1. The number of hydrogen-bond acceptors (Lipinski definition) is 5. The maximum atomic E-state index is 14.3. The van der Waals surface area contributed by atoms with Gasteiger partial charge in [0, 0.05) is 21.6 Å². The molecule has 0 fully saturated rings. The van der Waals surface area contributed by atoms with Crippen LogP contribution in [0.1, 0.15) is 0 Å². The molecule has 0 aliphatic carbocycles. The zero-order chi connectivity index (χ0) is 20.3. The monoisotopic (exact) mass is 515 g/mol. The van der Waals surface area contributed by atoms with Crippen molar-refractivity contribution in [1.82, 2.24) is 4.57 Å². The summed E-state index contributed by atoms with van der Waals surface area (Å²) in [4.78, 5) is 13.0. The first-order valence-corrected chi connectivity index (χ1v) is 9.97. The van der Waals surface area contributed by atoms with Gasteiger partial charge in [0.05, 0.1) is 12.8 Å². The summed E-state index contributed by atoms with van der Waals surface area (Å²) >= 11 is 3.23. The molecule has 1 heterocycles. The average Bonchev–Trinajstić information content (AvgIpc) is 2.67. The Labute approximate surface area is 178 Å². The van der Waals surface area contributed by atoms with E-state index in [1.54, 1.807) is 31.3 Å². The highest BCUT2D eigenvalue weighted by Crippen LogP contribution is 2.36. The molecule has 146 valence electrons. The van der Waals surface area contributed by atoms with E-state index in [9.17, 15) is 13.6 Å². The molecule has 3 aromatic rings. The molecule has 0 spiro atoms. The molecule has 0 amide bonds. The van der Waals surface area contributed by atoms with Crippen molar-refractivity contribution in [2.45, 2.75) is 4.90 Å².